The standard InChI is InChI=1S/C27H37NOP2/c1-3-13-24(14-4-1)30(25-15-5-2-6-16-25)28-21-11-12-23(28)22-29-31(26-17-7-8-18-26)27-19-9-10-20-27/h1-6,13-16,23,26-27H,7-12,17-22H2/t23-/m0/s1. The molecule has 1 saturated heterocycles. The van der Waals surface area contributed by atoms with Gasteiger partial charge >= 0.3 is 0 Å². The summed E-state index contributed by atoms with van der Waals surface area (Å²) in [5.41, 5.74) is 1.77. The van der Waals surface area contributed by atoms with Gasteiger partial charge in [-0.15, -0.1) is 0 Å². The summed E-state index contributed by atoms with van der Waals surface area (Å²) in [4.78, 5) is 0. The normalized spacial score (nSPS) is 23.5. The van der Waals surface area contributed by atoms with Crippen molar-refractivity contribution in [2.24, 2.45) is 0 Å². The predicted octanol–water partition coefficient (Wildman–Crippen LogP) is 6.80. The van der Waals surface area contributed by atoms with Crippen LogP contribution in [0.15, 0.2) is 60.7 Å². The molecule has 1 atom stereocenters. The minimum absolute atomic E-state index is 0.245. The van der Waals surface area contributed by atoms with E-state index in [1.54, 1.807) is 0 Å². The van der Waals surface area contributed by atoms with Gasteiger partial charge in [0.2, 0.25) is 0 Å². The van der Waals surface area contributed by atoms with Crippen molar-refractivity contribution in [1.29, 1.82) is 0 Å². The fourth-order valence-electron chi connectivity index (χ4n) is 5.84. The second-order valence-electron chi connectivity index (χ2n) is 9.47. The maximum atomic E-state index is 6.98. The van der Waals surface area contributed by atoms with E-state index in [1.807, 2.05) is 0 Å². The molecule has 2 aromatic carbocycles. The van der Waals surface area contributed by atoms with E-state index in [4.69, 9.17) is 4.52 Å². The lowest BCUT2D eigenvalue weighted by molar-refractivity contribution is 0.253. The molecule has 0 aromatic heterocycles. The van der Waals surface area contributed by atoms with Crippen molar-refractivity contribution < 1.29 is 4.52 Å². The topological polar surface area (TPSA) is 12.5 Å². The van der Waals surface area contributed by atoms with Gasteiger partial charge in [-0.25, -0.2) is 0 Å². The third-order valence-electron chi connectivity index (χ3n) is 7.39. The molecule has 0 spiro atoms. The third-order valence-corrected chi connectivity index (χ3v) is 12.9. The Labute approximate surface area is 191 Å². The fraction of sp³-hybridized carbons (Fsp3) is 0.556. The van der Waals surface area contributed by atoms with E-state index in [2.05, 4.69) is 65.3 Å². The number of hydrogen-bond acceptors (Lipinski definition) is 2. The van der Waals surface area contributed by atoms with Gasteiger partial charge < -0.3 is 4.52 Å². The lowest BCUT2D eigenvalue weighted by atomic mass is 10.2. The Balaban J connectivity index is 1.33. The van der Waals surface area contributed by atoms with Crippen LogP contribution in [0, 0.1) is 0 Å². The van der Waals surface area contributed by atoms with Gasteiger partial charge in [-0.05, 0) is 49.1 Å². The Bertz CT molecular complexity index is 734. The Morgan fingerprint density at radius 2 is 1.19 bits per heavy atom. The molecule has 2 saturated carbocycles. The van der Waals surface area contributed by atoms with Gasteiger partial charge in [-0.2, -0.15) is 0 Å². The van der Waals surface area contributed by atoms with Crippen LogP contribution in [0.3, 0.4) is 0 Å². The first-order chi connectivity index (χ1) is 15.4. The lowest BCUT2D eigenvalue weighted by Crippen LogP contribution is -2.35. The minimum atomic E-state index is -0.482. The molecule has 1 heterocycles. The summed E-state index contributed by atoms with van der Waals surface area (Å²) >= 11 is 0. The number of nitrogens with zero attached hydrogens (tertiary/aromatic N) is 1. The molecule has 2 aliphatic carbocycles. The van der Waals surface area contributed by atoms with Gasteiger partial charge in [0.25, 0.3) is 0 Å². The van der Waals surface area contributed by atoms with Gasteiger partial charge in [0.05, 0.1) is 6.61 Å². The summed E-state index contributed by atoms with van der Waals surface area (Å²) in [6.07, 6.45) is 14.0. The third kappa shape index (κ3) is 5.25. The van der Waals surface area contributed by atoms with Gasteiger partial charge in [-0.1, -0.05) is 86.3 Å². The molecular weight excluding hydrogens is 416 g/mol. The number of rotatable bonds is 8. The van der Waals surface area contributed by atoms with Crippen LogP contribution in [0.2, 0.25) is 0 Å². The van der Waals surface area contributed by atoms with Crippen LogP contribution in [0.1, 0.15) is 64.2 Å². The Morgan fingerprint density at radius 1 is 0.677 bits per heavy atom. The second kappa shape index (κ2) is 10.9. The van der Waals surface area contributed by atoms with Crippen molar-refractivity contribution in [1.82, 2.24) is 4.67 Å². The van der Waals surface area contributed by atoms with E-state index in [1.165, 1.54) is 81.4 Å². The quantitative estimate of drug-likeness (QED) is 0.408. The van der Waals surface area contributed by atoms with Gasteiger partial charge in [-0.3, -0.25) is 4.67 Å². The van der Waals surface area contributed by atoms with Crippen molar-refractivity contribution in [3.8, 4) is 0 Å². The SMILES string of the molecule is c1ccc(P(c2ccccc2)N2CCC[C@H]2COP(C2CCCC2)C2CCCC2)cc1. The van der Waals surface area contributed by atoms with Crippen LogP contribution in [-0.2, 0) is 4.52 Å². The maximum absolute atomic E-state index is 6.98. The zero-order valence-corrected chi connectivity index (χ0v) is 20.5. The summed E-state index contributed by atoms with van der Waals surface area (Å²) in [5, 5.41) is 2.95. The number of benzene rings is 2. The van der Waals surface area contributed by atoms with Gasteiger partial charge in [0.1, 0.15) is 0 Å². The highest BCUT2D eigenvalue weighted by Gasteiger charge is 2.37. The Kier molecular flexibility index (Phi) is 7.74. The first-order valence-electron chi connectivity index (χ1n) is 12.5. The van der Waals surface area contributed by atoms with Crippen LogP contribution < -0.4 is 10.6 Å². The highest BCUT2D eigenvalue weighted by Crippen LogP contribution is 2.58. The Morgan fingerprint density at radius 3 is 1.71 bits per heavy atom. The molecule has 4 heteroatoms. The number of hydrogen-bond donors (Lipinski definition) is 0. The van der Waals surface area contributed by atoms with Crippen LogP contribution in [0.25, 0.3) is 0 Å². The van der Waals surface area contributed by atoms with Crippen LogP contribution >= 0.6 is 16.2 Å². The molecule has 2 aromatic rings. The molecule has 0 radical (unpaired) electrons. The average Bonchev–Trinajstić information content (AvgIpc) is 3.60. The highest BCUT2D eigenvalue weighted by atomic mass is 31.1. The van der Waals surface area contributed by atoms with Crippen molar-refractivity contribution in [3.63, 3.8) is 0 Å². The molecule has 3 aliphatic rings. The van der Waals surface area contributed by atoms with E-state index in [-0.39, 0.29) is 8.15 Å². The first kappa shape index (κ1) is 22.0. The van der Waals surface area contributed by atoms with E-state index in [0.717, 1.165) is 17.9 Å². The van der Waals surface area contributed by atoms with E-state index in [9.17, 15) is 0 Å². The van der Waals surface area contributed by atoms with Crippen LogP contribution in [-0.4, -0.2) is 35.2 Å². The van der Waals surface area contributed by atoms with Crippen LogP contribution in [0.4, 0.5) is 0 Å². The summed E-state index contributed by atoms with van der Waals surface area (Å²) in [6, 6.07) is 23.0. The van der Waals surface area contributed by atoms with Crippen molar-refractivity contribution in [2.75, 3.05) is 13.2 Å². The molecule has 166 valence electrons. The zero-order valence-electron chi connectivity index (χ0n) is 18.7. The van der Waals surface area contributed by atoms with E-state index in [0.29, 0.717) is 6.04 Å². The molecule has 5 rings (SSSR count). The van der Waals surface area contributed by atoms with Crippen molar-refractivity contribution in [2.45, 2.75) is 81.6 Å². The predicted molar refractivity (Wildman–Crippen MR) is 136 cm³/mol. The molecule has 0 N–H and O–H groups in total. The summed E-state index contributed by atoms with van der Waals surface area (Å²) < 4.78 is 9.80. The van der Waals surface area contributed by atoms with E-state index >= 15 is 0 Å². The molecule has 0 bridgehead atoms. The van der Waals surface area contributed by atoms with Crippen LogP contribution in [0.5, 0.6) is 0 Å². The summed E-state index contributed by atoms with van der Waals surface area (Å²) in [6.45, 7) is 2.16. The molecule has 0 unspecified atom stereocenters. The van der Waals surface area contributed by atoms with Gasteiger partial charge in [0, 0.05) is 40.1 Å². The molecule has 3 fully saturated rings. The van der Waals surface area contributed by atoms with E-state index < -0.39 is 8.07 Å². The van der Waals surface area contributed by atoms with Gasteiger partial charge in [0.15, 0.2) is 0 Å². The largest absolute Gasteiger partial charge is 0.357 e. The van der Waals surface area contributed by atoms with Crippen molar-refractivity contribution >= 4 is 26.8 Å². The minimum Gasteiger partial charge on any atom is -0.357 e. The zero-order chi connectivity index (χ0) is 20.9. The second-order valence-corrected chi connectivity index (χ2v) is 14.1. The lowest BCUT2D eigenvalue weighted by Gasteiger charge is -2.36. The first-order valence-corrected chi connectivity index (χ1v) is 15.2. The van der Waals surface area contributed by atoms with Crippen molar-refractivity contribution in [3.05, 3.63) is 60.7 Å². The monoisotopic (exact) mass is 453 g/mol. The summed E-state index contributed by atoms with van der Waals surface area (Å²) in [7, 11) is -0.727. The smallest absolute Gasteiger partial charge is 0.0668 e. The summed E-state index contributed by atoms with van der Waals surface area (Å²) in [5.74, 6) is 0. The molecule has 31 heavy (non-hydrogen) atoms. The highest BCUT2D eigenvalue weighted by molar-refractivity contribution is 7.70. The molecule has 1 aliphatic heterocycles. The molecule has 0 amide bonds. The fourth-order valence-corrected chi connectivity index (χ4v) is 11.6. The maximum Gasteiger partial charge on any atom is 0.0668 e. The Hall–Kier alpha value is -0.780. The molecule has 2 nitrogen and oxygen atoms in total. The molecular formula is C27H37NOP2. The average molecular weight is 454 g/mol.